The third kappa shape index (κ3) is 9.52. The van der Waals surface area contributed by atoms with Crippen molar-refractivity contribution < 1.29 is 42.6 Å². The molecule has 3 aromatic rings. The zero-order valence-electron chi connectivity index (χ0n) is 36.3. The van der Waals surface area contributed by atoms with Crippen molar-refractivity contribution in [1.82, 2.24) is 16.0 Å². The standard InChI is InChI=1S/C46H62BN3O9/c1-27(2)21-38(47-58-37-26-31-25-36(45(31,5)6)46(37,7)59-47)49-44(53)40(28(3)4)50-43(52)34(24-30-19-20-35(54-8)42(56-10)41(30)55-9)48-39(51)23-29-15-14-18-33(22-29)57-32-16-12-11-13-17-32/h11-20,22,27-28,31,34,36-38,40H,21,23-26H2,1-10H3,(H,48,51)(H,49,53)(H,50,52)/t31-,34?,36-,37+,38-,40?,46-/m0/s1. The fraction of sp³-hybridized carbons (Fsp3) is 0.543. The molecule has 3 N–H and O–H groups in total. The molecule has 12 nitrogen and oxygen atoms in total. The number of rotatable bonds is 18. The number of para-hydroxylation sites is 1. The SMILES string of the molecule is COc1ccc(CC(NC(=O)Cc2cccc(Oc3ccccc3)c2)C(=O)NC(C(=O)N[C@@H](CC(C)C)B2O[C@@H]3C[C@@H]4C[C@@H](C4(C)C)[C@]3(C)O2)C(C)C)c(OC)c1OC. The van der Waals surface area contributed by atoms with E-state index in [0.29, 0.717) is 58.1 Å². The van der Waals surface area contributed by atoms with E-state index in [1.165, 1.54) is 21.3 Å². The Morgan fingerprint density at radius 1 is 0.814 bits per heavy atom. The first kappa shape index (κ1) is 43.8. The molecule has 4 fully saturated rings. The largest absolute Gasteiger partial charge is 0.493 e. The van der Waals surface area contributed by atoms with Crippen LogP contribution in [0, 0.1) is 29.1 Å². The van der Waals surface area contributed by atoms with Crippen LogP contribution >= 0.6 is 0 Å². The van der Waals surface area contributed by atoms with Crippen molar-refractivity contribution in [2.45, 2.75) is 110 Å². The molecular weight excluding hydrogens is 749 g/mol. The van der Waals surface area contributed by atoms with Gasteiger partial charge in [-0.05, 0) is 91.2 Å². The molecule has 1 saturated heterocycles. The quantitative estimate of drug-likeness (QED) is 0.120. The number of methoxy groups -OCH3 is 3. The average molecular weight is 812 g/mol. The summed E-state index contributed by atoms with van der Waals surface area (Å²) in [6, 6.07) is 18.1. The Morgan fingerprint density at radius 2 is 1.53 bits per heavy atom. The maximum Gasteiger partial charge on any atom is 0.481 e. The summed E-state index contributed by atoms with van der Waals surface area (Å²) in [5, 5.41) is 9.18. The van der Waals surface area contributed by atoms with Gasteiger partial charge < -0.3 is 44.2 Å². The van der Waals surface area contributed by atoms with E-state index in [0.717, 1.165) is 12.8 Å². The second-order valence-electron chi connectivity index (χ2n) is 17.9. The second kappa shape index (κ2) is 18.3. The highest BCUT2D eigenvalue weighted by molar-refractivity contribution is 6.48. The predicted molar refractivity (Wildman–Crippen MR) is 227 cm³/mol. The zero-order chi connectivity index (χ0) is 42.6. The van der Waals surface area contributed by atoms with E-state index in [2.05, 4.69) is 50.6 Å². The van der Waals surface area contributed by atoms with Gasteiger partial charge in [-0.25, -0.2) is 0 Å². The van der Waals surface area contributed by atoms with E-state index >= 15 is 0 Å². The van der Waals surface area contributed by atoms with Gasteiger partial charge in [0.1, 0.15) is 23.6 Å². The van der Waals surface area contributed by atoms with E-state index < -0.39 is 42.6 Å². The minimum atomic E-state index is -1.10. The van der Waals surface area contributed by atoms with Crippen molar-refractivity contribution in [3.05, 3.63) is 77.9 Å². The Hall–Kier alpha value is -4.75. The molecule has 3 amide bonds. The highest BCUT2D eigenvalue weighted by Gasteiger charge is 2.68. The minimum Gasteiger partial charge on any atom is -0.493 e. The van der Waals surface area contributed by atoms with Crippen LogP contribution in [0.25, 0.3) is 0 Å². The lowest BCUT2D eigenvalue weighted by molar-refractivity contribution is -0.199. The Labute approximate surface area is 349 Å². The Balaban J connectivity index is 1.21. The van der Waals surface area contributed by atoms with Gasteiger partial charge in [-0.3, -0.25) is 14.4 Å². The van der Waals surface area contributed by atoms with Crippen molar-refractivity contribution in [2.24, 2.45) is 29.1 Å². The first-order chi connectivity index (χ1) is 28.1. The highest BCUT2D eigenvalue weighted by Crippen LogP contribution is 2.65. The van der Waals surface area contributed by atoms with E-state index in [9.17, 15) is 14.4 Å². The molecule has 2 unspecified atom stereocenters. The molecule has 3 saturated carbocycles. The molecular formula is C46H62BN3O9. The fourth-order valence-electron chi connectivity index (χ4n) is 9.41. The summed E-state index contributed by atoms with van der Waals surface area (Å²) >= 11 is 0. The van der Waals surface area contributed by atoms with Gasteiger partial charge in [-0.2, -0.15) is 0 Å². The minimum absolute atomic E-state index is 0.0239. The van der Waals surface area contributed by atoms with Gasteiger partial charge in [0.2, 0.25) is 23.5 Å². The highest BCUT2D eigenvalue weighted by atomic mass is 16.7. The van der Waals surface area contributed by atoms with Gasteiger partial charge in [0.25, 0.3) is 0 Å². The van der Waals surface area contributed by atoms with Crippen LogP contribution < -0.4 is 34.9 Å². The second-order valence-corrected chi connectivity index (χ2v) is 17.9. The summed E-state index contributed by atoms with van der Waals surface area (Å²) < 4.78 is 36.3. The Kier molecular flexibility index (Phi) is 13.6. The van der Waals surface area contributed by atoms with Gasteiger partial charge in [0, 0.05) is 12.0 Å². The monoisotopic (exact) mass is 811 g/mol. The van der Waals surface area contributed by atoms with Crippen molar-refractivity contribution in [3.63, 3.8) is 0 Å². The number of hydrogen-bond acceptors (Lipinski definition) is 9. The molecule has 1 heterocycles. The summed E-state index contributed by atoms with van der Waals surface area (Å²) in [6.45, 7) is 14.8. The van der Waals surface area contributed by atoms with Crippen LogP contribution in [0.2, 0.25) is 0 Å². The molecule has 7 atom stereocenters. The number of carbonyl (C=O) groups is 3. The van der Waals surface area contributed by atoms with Crippen molar-refractivity contribution in [2.75, 3.05) is 21.3 Å². The Morgan fingerprint density at radius 3 is 2.17 bits per heavy atom. The lowest BCUT2D eigenvalue weighted by atomic mass is 9.43. The normalized spacial score (nSPS) is 23.0. The van der Waals surface area contributed by atoms with Gasteiger partial charge in [-0.1, -0.05) is 77.9 Å². The number of nitrogens with one attached hydrogen (secondary N) is 3. The molecule has 3 aliphatic carbocycles. The Bertz CT molecular complexity index is 1960. The summed E-state index contributed by atoms with van der Waals surface area (Å²) in [5.74, 6) is 1.64. The zero-order valence-corrected chi connectivity index (χ0v) is 36.3. The molecule has 2 bridgehead atoms. The molecule has 4 aliphatic rings. The third-order valence-electron chi connectivity index (χ3n) is 12.7. The lowest BCUT2D eigenvalue weighted by Gasteiger charge is -2.64. The molecule has 7 rings (SSSR count). The van der Waals surface area contributed by atoms with Gasteiger partial charge >= 0.3 is 7.12 Å². The van der Waals surface area contributed by atoms with Crippen molar-refractivity contribution in [3.8, 4) is 28.7 Å². The van der Waals surface area contributed by atoms with E-state index in [4.69, 9.17) is 28.3 Å². The maximum absolute atomic E-state index is 14.5. The summed E-state index contributed by atoms with van der Waals surface area (Å²) in [5.41, 5.74) is 1.04. The first-order valence-corrected chi connectivity index (χ1v) is 20.9. The number of carbonyl (C=O) groups excluding carboxylic acids is 3. The molecule has 1 aliphatic heterocycles. The van der Waals surface area contributed by atoms with Gasteiger partial charge in [0.05, 0.1) is 45.4 Å². The van der Waals surface area contributed by atoms with E-state index in [-0.39, 0.29) is 42.1 Å². The van der Waals surface area contributed by atoms with Gasteiger partial charge in [0.15, 0.2) is 11.5 Å². The smallest absolute Gasteiger partial charge is 0.481 e. The van der Waals surface area contributed by atoms with Crippen LogP contribution in [0.15, 0.2) is 66.7 Å². The van der Waals surface area contributed by atoms with E-state index in [1.807, 2.05) is 62.4 Å². The number of ether oxygens (including phenoxy) is 4. The van der Waals surface area contributed by atoms with Crippen molar-refractivity contribution >= 4 is 24.8 Å². The summed E-state index contributed by atoms with van der Waals surface area (Å²) in [4.78, 5) is 42.6. The number of hydrogen-bond donors (Lipinski definition) is 3. The first-order valence-electron chi connectivity index (χ1n) is 20.9. The number of benzene rings is 3. The molecule has 13 heteroatoms. The molecule has 0 aromatic heterocycles. The average Bonchev–Trinajstić information content (AvgIpc) is 3.56. The molecule has 3 aromatic carbocycles. The maximum atomic E-state index is 14.5. The van der Waals surface area contributed by atoms with Crippen molar-refractivity contribution in [1.29, 1.82) is 0 Å². The van der Waals surface area contributed by atoms with Crippen LogP contribution in [-0.4, -0.2) is 75.9 Å². The lowest BCUT2D eigenvalue weighted by Crippen LogP contribution is -2.65. The van der Waals surface area contributed by atoms with Crippen LogP contribution in [0.4, 0.5) is 0 Å². The van der Waals surface area contributed by atoms with Crippen LogP contribution in [0.3, 0.4) is 0 Å². The number of amides is 3. The fourth-order valence-corrected chi connectivity index (χ4v) is 9.41. The van der Waals surface area contributed by atoms with Crippen LogP contribution in [0.5, 0.6) is 28.7 Å². The molecule has 0 spiro atoms. The van der Waals surface area contributed by atoms with Crippen LogP contribution in [-0.2, 0) is 36.5 Å². The van der Waals surface area contributed by atoms with Gasteiger partial charge in [-0.15, -0.1) is 0 Å². The predicted octanol–water partition coefficient (Wildman–Crippen LogP) is 6.71. The summed E-state index contributed by atoms with van der Waals surface area (Å²) in [6.07, 6.45) is 2.67. The molecule has 318 valence electrons. The van der Waals surface area contributed by atoms with Crippen LogP contribution in [0.1, 0.15) is 78.9 Å². The van der Waals surface area contributed by atoms with E-state index in [1.54, 1.807) is 18.2 Å². The molecule has 59 heavy (non-hydrogen) atoms. The third-order valence-corrected chi connectivity index (χ3v) is 12.7. The molecule has 0 radical (unpaired) electrons. The topological polar surface area (TPSA) is 143 Å². The summed E-state index contributed by atoms with van der Waals surface area (Å²) in [7, 11) is 3.92.